The molecule has 0 amide bonds. The van der Waals surface area contributed by atoms with Gasteiger partial charge >= 0.3 is 0 Å². The molecule has 3 aromatic rings. The lowest BCUT2D eigenvalue weighted by molar-refractivity contribution is -0.104. The molecule has 1 N–H and O–H groups in total. The van der Waals surface area contributed by atoms with E-state index < -0.39 is 0 Å². The van der Waals surface area contributed by atoms with Gasteiger partial charge < -0.3 is 4.98 Å². The molecule has 2 nitrogen and oxygen atoms in total. The van der Waals surface area contributed by atoms with Gasteiger partial charge in [0.2, 0.25) is 0 Å². The van der Waals surface area contributed by atoms with Crippen molar-refractivity contribution < 1.29 is 4.79 Å². The highest BCUT2D eigenvalue weighted by Crippen LogP contribution is 2.31. The third-order valence-corrected chi connectivity index (χ3v) is 3.15. The second-order valence-electron chi connectivity index (χ2n) is 4.32. The van der Waals surface area contributed by atoms with E-state index in [1.54, 1.807) is 0 Å². The van der Waals surface area contributed by atoms with Crippen LogP contribution in [-0.4, -0.2) is 11.3 Å². The molecule has 0 aliphatic rings. The highest BCUT2D eigenvalue weighted by molar-refractivity contribution is 5.98. The Bertz CT molecular complexity index is 738. The number of hydrogen-bond donors (Lipinski definition) is 1. The third-order valence-electron chi connectivity index (χ3n) is 3.15. The van der Waals surface area contributed by atoms with Crippen molar-refractivity contribution in [2.45, 2.75) is 0 Å². The molecule has 92 valence electrons. The van der Waals surface area contributed by atoms with Crippen molar-refractivity contribution in [1.29, 1.82) is 0 Å². The minimum Gasteiger partial charge on any atom is -0.354 e. The monoisotopic (exact) mass is 247 g/mol. The van der Waals surface area contributed by atoms with Crippen LogP contribution in [0.15, 0.2) is 60.7 Å². The maximum absolute atomic E-state index is 10.6. The van der Waals surface area contributed by atoms with Gasteiger partial charge in [0.05, 0.1) is 5.69 Å². The molecule has 0 saturated carbocycles. The van der Waals surface area contributed by atoms with E-state index >= 15 is 0 Å². The Kier molecular flexibility index (Phi) is 2.99. The molecule has 0 aliphatic carbocycles. The first-order valence-corrected chi connectivity index (χ1v) is 6.18. The smallest absolute Gasteiger partial charge is 0.142 e. The molecule has 0 aliphatic heterocycles. The third kappa shape index (κ3) is 2.08. The minimum atomic E-state index is 0.802. The summed E-state index contributed by atoms with van der Waals surface area (Å²) in [6.45, 7) is 0. The first kappa shape index (κ1) is 11.5. The van der Waals surface area contributed by atoms with Crippen molar-refractivity contribution in [3.63, 3.8) is 0 Å². The van der Waals surface area contributed by atoms with Crippen molar-refractivity contribution in [1.82, 2.24) is 4.98 Å². The topological polar surface area (TPSA) is 32.9 Å². The molecule has 3 rings (SSSR count). The summed E-state index contributed by atoms with van der Waals surface area (Å²) in [5, 5.41) is 1.12. The highest BCUT2D eigenvalue weighted by atomic mass is 16.1. The molecule has 0 bridgehead atoms. The number of benzene rings is 2. The number of carbonyl (C=O) groups excluding carboxylic acids is 1. The number of carbonyl (C=O) groups is 1. The summed E-state index contributed by atoms with van der Waals surface area (Å²) >= 11 is 0. The van der Waals surface area contributed by atoms with Crippen LogP contribution in [-0.2, 0) is 4.79 Å². The van der Waals surface area contributed by atoms with Crippen LogP contribution in [0.4, 0.5) is 0 Å². The van der Waals surface area contributed by atoms with Gasteiger partial charge in [-0.2, -0.15) is 0 Å². The zero-order valence-corrected chi connectivity index (χ0v) is 10.3. The number of fused-ring (bicyclic) bond motifs is 1. The van der Waals surface area contributed by atoms with Crippen molar-refractivity contribution in [2.24, 2.45) is 0 Å². The fourth-order valence-electron chi connectivity index (χ4n) is 2.30. The van der Waals surface area contributed by atoms with Gasteiger partial charge in [0.1, 0.15) is 6.29 Å². The summed E-state index contributed by atoms with van der Waals surface area (Å²) < 4.78 is 0. The summed E-state index contributed by atoms with van der Waals surface area (Å²) in [4.78, 5) is 14.0. The average molecular weight is 247 g/mol. The van der Waals surface area contributed by atoms with E-state index in [4.69, 9.17) is 0 Å². The van der Waals surface area contributed by atoms with E-state index in [9.17, 15) is 4.79 Å². The maximum Gasteiger partial charge on any atom is 0.142 e. The molecule has 0 radical (unpaired) electrons. The fraction of sp³-hybridized carbons (Fsp3) is 0. The minimum absolute atomic E-state index is 0.802. The highest BCUT2D eigenvalue weighted by Gasteiger charge is 2.09. The number of allylic oxidation sites excluding steroid dienone is 1. The molecule has 19 heavy (non-hydrogen) atoms. The second-order valence-corrected chi connectivity index (χ2v) is 4.32. The van der Waals surface area contributed by atoms with Gasteiger partial charge in [0.15, 0.2) is 0 Å². The Morgan fingerprint density at radius 1 is 0.895 bits per heavy atom. The Morgan fingerprint density at radius 3 is 2.42 bits per heavy atom. The first-order chi connectivity index (χ1) is 9.40. The molecule has 1 heterocycles. The molecular weight excluding hydrogens is 234 g/mol. The molecule has 0 saturated heterocycles. The van der Waals surface area contributed by atoms with Gasteiger partial charge in [0, 0.05) is 16.5 Å². The first-order valence-electron chi connectivity index (χ1n) is 6.18. The lowest BCUT2D eigenvalue weighted by Gasteiger charge is -2.00. The largest absolute Gasteiger partial charge is 0.354 e. The van der Waals surface area contributed by atoms with E-state index in [1.807, 2.05) is 42.5 Å². The van der Waals surface area contributed by atoms with Crippen molar-refractivity contribution in [2.75, 3.05) is 0 Å². The molecular formula is C17H13NO. The number of aldehydes is 1. The maximum atomic E-state index is 10.6. The zero-order chi connectivity index (χ0) is 13.1. The van der Waals surface area contributed by atoms with Crippen LogP contribution >= 0.6 is 0 Å². The summed E-state index contributed by atoms with van der Waals surface area (Å²) in [6.07, 6.45) is 4.19. The predicted octanol–water partition coefficient (Wildman–Crippen LogP) is 4.05. The van der Waals surface area contributed by atoms with Crippen molar-refractivity contribution in [3.05, 3.63) is 66.2 Å². The van der Waals surface area contributed by atoms with Crippen LogP contribution in [0.1, 0.15) is 5.56 Å². The van der Waals surface area contributed by atoms with E-state index in [0.29, 0.717) is 0 Å². The number of nitrogens with one attached hydrogen (secondary N) is 1. The SMILES string of the molecule is O=CC=Cc1c(-c2ccccc2)[nH]c2ccccc12. The Morgan fingerprint density at radius 2 is 1.63 bits per heavy atom. The lowest BCUT2D eigenvalue weighted by atomic mass is 10.0. The predicted molar refractivity (Wildman–Crippen MR) is 78.8 cm³/mol. The molecule has 2 aromatic carbocycles. The van der Waals surface area contributed by atoms with Crippen LogP contribution in [0.2, 0.25) is 0 Å². The van der Waals surface area contributed by atoms with Crippen LogP contribution < -0.4 is 0 Å². The molecule has 0 unspecified atom stereocenters. The van der Waals surface area contributed by atoms with Gasteiger partial charge in [-0.1, -0.05) is 48.5 Å². The molecule has 1 aromatic heterocycles. The Labute approximate surface area is 111 Å². The van der Waals surface area contributed by atoms with E-state index in [0.717, 1.165) is 34.0 Å². The van der Waals surface area contributed by atoms with Gasteiger partial charge in [0.25, 0.3) is 0 Å². The summed E-state index contributed by atoms with van der Waals surface area (Å²) in [5.41, 5.74) is 4.28. The van der Waals surface area contributed by atoms with Crippen LogP contribution in [0.25, 0.3) is 28.2 Å². The molecule has 0 fully saturated rings. The number of hydrogen-bond acceptors (Lipinski definition) is 1. The molecule has 2 heteroatoms. The van der Waals surface area contributed by atoms with Gasteiger partial charge in [-0.25, -0.2) is 0 Å². The van der Waals surface area contributed by atoms with Gasteiger partial charge in [-0.15, -0.1) is 0 Å². The van der Waals surface area contributed by atoms with E-state index in [2.05, 4.69) is 23.2 Å². The zero-order valence-electron chi connectivity index (χ0n) is 10.3. The quantitative estimate of drug-likeness (QED) is 0.549. The molecule has 0 spiro atoms. The molecule has 0 atom stereocenters. The Hall–Kier alpha value is -2.61. The van der Waals surface area contributed by atoms with Crippen molar-refractivity contribution in [3.8, 4) is 11.3 Å². The van der Waals surface area contributed by atoms with Crippen molar-refractivity contribution >= 4 is 23.3 Å². The summed E-state index contributed by atoms with van der Waals surface area (Å²) in [7, 11) is 0. The number of aromatic amines is 1. The Balaban J connectivity index is 2.29. The fourth-order valence-corrected chi connectivity index (χ4v) is 2.30. The van der Waals surface area contributed by atoms with Gasteiger partial charge in [-0.05, 0) is 23.8 Å². The van der Waals surface area contributed by atoms with E-state index in [-0.39, 0.29) is 0 Å². The standard InChI is InChI=1S/C17H13NO/c19-12-6-10-15-14-9-4-5-11-16(14)18-17(15)13-7-2-1-3-8-13/h1-12,18H. The summed E-state index contributed by atoms with van der Waals surface area (Å²) in [6, 6.07) is 18.2. The van der Waals surface area contributed by atoms with Crippen LogP contribution in [0, 0.1) is 0 Å². The summed E-state index contributed by atoms with van der Waals surface area (Å²) in [5.74, 6) is 0. The van der Waals surface area contributed by atoms with Crippen LogP contribution in [0.5, 0.6) is 0 Å². The average Bonchev–Trinajstić information content (AvgIpc) is 2.85. The number of H-pyrrole nitrogens is 1. The van der Waals surface area contributed by atoms with Gasteiger partial charge in [-0.3, -0.25) is 4.79 Å². The normalized spacial score (nSPS) is 11.2. The number of rotatable bonds is 3. The number of para-hydroxylation sites is 1. The van der Waals surface area contributed by atoms with Crippen LogP contribution in [0.3, 0.4) is 0 Å². The lowest BCUT2D eigenvalue weighted by Crippen LogP contribution is -1.80. The van der Waals surface area contributed by atoms with E-state index in [1.165, 1.54) is 6.08 Å². The number of aromatic nitrogens is 1. The second kappa shape index (κ2) is 4.94.